The smallest absolute Gasteiger partial charge is 0.328 e. The number of hydrogen-bond acceptors (Lipinski definition) is 5. The van der Waals surface area contributed by atoms with Gasteiger partial charge in [-0.1, -0.05) is 12.1 Å². The number of benzene rings is 1. The summed E-state index contributed by atoms with van der Waals surface area (Å²) in [7, 11) is 3.72. The molecular weight excluding hydrogens is 426 g/mol. The van der Waals surface area contributed by atoms with E-state index in [1.165, 1.54) is 0 Å². The van der Waals surface area contributed by atoms with E-state index in [0.29, 0.717) is 0 Å². The standard InChI is InChI=1S/C26H27N7O/c1-31-15-18(13-30-31)22-9-4-17(12-28-22)16-3-10-23-21(11-16)25-24(14-29-23)32(2)26(34)33(25)20-7-5-19(27)6-8-20/h3-4,9-15,19-20H,5-8,27H2,1-2H3/t19-,20+. The second-order valence-corrected chi connectivity index (χ2v) is 9.34. The van der Waals surface area contributed by atoms with Gasteiger partial charge >= 0.3 is 5.69 Å². The molecule has 1 fully saturated rings. The molecule has 4 heterocycles. The van der Waals surface area contributed by atoms with Crippen LogP contribution in [0.4, 0.5) is 0 Å². The third-order valence-electron chi connectivity index (χ3n) is 7.12. The van der Waals surface area contributed by atoms with Crippen molar-refractivity contribution in [2.24, 2.45) is 19.8 Å². The van der Waals surface area contributed by atoms with Crippen LogP contribution in [-0.4, -0.2) is 34.9 Å². The maximum absolute atomic E-state index is 13.3. The molecule has 1 saturated carbocycles. The van der Waals surface area contributed by atoms with Crippen molar-refractivity contribution in [3.8, 4) is 22.4 Å². The van der Waals surface area contributed by atoms with E-state index in [2.05, 4.69) is 33.3 Å². The highest BCUT2D eigenvalue weighted by Gasteiger charge is 2.25. The minimum absolute atomic E-state index is 0.0117. The van der Waals surface area contributed by atoms with Crippen molar-refractivity contribution in [1.29, 1.82) is 0 Å². The molecule has 172 valence electrons. The van der Waals surface area contributed by atoms with Gasteiger partial charge in [-0.3, -0.25) is 23.8 Å². The van der Waals surface area contributed by atoms with Crippen molar-refractivity contribution in [2.75, 3.05) is 0 Å². The Morgan fingerprint density at radius 2 is 1.71 bits per heavy atom. The summed E-state index contributed by atoms with van der Waals surface area (Å²) < 4.78 is 5.47. The lowest BCUT2D eigenvalue weighted by Crippen LogP contribution is -2.32. The molecule has 0 aliphatic heterocycles. The highest BCUT2D eigenvalue weighted by molar-refractivity contribution is 6.04. The summed E-state index contributed by atoms with van der Waals surface area (Å²) in [4.78, 5) is 22.6. The van der Waals surface area contributed by atoms with Gasteiger partial charge in [0.1, 0.15) is 0 Å². The van der Waals surface area contributed by atoms with Gasteiger partial charge in [0.2, 0.25) is 0 Å². The van der Waals surface area contributed by atoms with E-state index in [1.54, 1.807) is 9.25 Å². The van der Waals surface area contributed by atoms with Crippen LogP contribution in [0.25, 0.3) is 44.3 Å². The number of pyridine rings is 2. The monoisotopic (exact) mass is 453 g/mol. The van der Waals surface area contributed by atoms with E-state index in [4.69, 9.17) is 5.73 Å². The average molecular weight is 454 g/mol. The number of nitrogens with zero attached hydrogens (tertiary/aromatic N) is 6. The minimum Gasteiger partial charge on any atom is -0.328 e. The van der Waals surface area contributed by atoms with Crippen molar-refractivity contribution in [3.63, 3.8) is 0 Å². The van der Waals surface area contributed by atoms with Gasteiger partial charge in [0.05, 0.1) is 34.6 Å². The Hall–Kier alpha value is -3.78. The van der Waals surface area contributed by atoms with Crippen LogP contribution in [0, 0.1) is 0 Å². The van der Waals surface area contributed by atoms with Crippen LogP contribution in [-0.2, 0) is 14.1 Å². The molecule has 34 heavy (non-hydrogen) atoms. The van der Waals surface area contributed by atoms with E-state index in [0.717, 1.165) is 70.0 Å². The van der Waals surface area contributed by atoms with E-state index >= 15 is 0 Å². The van der Waals surface area contributed by atoms with Crippen LogP contribution in [0.15, 0.2) is 59.9 Å². The van der Waals surface area contributed by atoms with Gasteiger partial charge in [0.25, 0.3) is 0 Å². The first kappa shape index (κ1) is 20.8. The summed E-state index contributed by atoms with van der Waals surface area (Å²) in [6.45, 7) is 0. The zero-order chi connectivity index (χ0) is 23.4. The lowest BCUT2D eigenvalue weighted by Gasteiger charge is -2.27. The molecule has 1 aliphatic rings. The van der Waals surface area contributed by atoms with Crippen LogP contribution in [0.3, 0.4) is 0 Å². The molecule has 8 heteroatoms. The van der Waals surface area contributed by atoms with Crippen LogP contribution in [0.1, 0.15) is 31.7 Å². The minimum atomic E-state index is 0.0117. The number of rotatable bonds is 3. The van der Waals surface area contributed by atoms with Crippen LogP contribution in [0.2, 0.25) is 0 Å². The van der Waals surface area contributed by atoms with E-state index in [1.807, 2.05) is 55.6 Å². The fourth-order valence-corrected chi connectivity index (χ4v) is 5.19. The Morgan fingerprint density at radius 1 is 0.912 bits per heavy atom. The Kier molecular flexibility index (Phi) is 4.84. The molecule has 2 N–H and O–H groups in total. The molecule has 1 aliphatic carbocycles. The molecule has 0 saturated heterocycles. The molecule has 5 aromatic rings. The van der Waals surface area contributed by atoms with Gasteiger partial charge in [-0.2, -0.15) is 5.10 Å². The Balaban J connectivity index is 1.48. The van der Waals surface area contributed by atoms with E-state index in [-0.39, 0.29) is 17.8 Å². The highest BCUT2D eigenvalue weighted by Crippen LogP contribution is 2.34. The van der Waals surface area contributed by atoms with Gasteiger partial charge in [0, 0.05) is 55.1 Å². The molecule has 0 bridgehead atoms. The van der Waals surface area contributed by atoms with Gasteiger partial charge in [-0.05, 0) is 49.4 Å². The molecule has 8 nitrogen and oxygen atoms in total. The first-order chi connectivity index (χ1) is 16.5. The topological polar surface area (TPSA) is 96.6 Å². The maximum atomic E-state index is 13.3. The Bertz CT molecular complexity index is 1570. The molecule has 0 radical (unpaired) electrons. The van der Waals surface area contributed by atoms with E-state index < -0.39 is 0 Å². The van der Waals surface area contributed by atoms with Crippen molar-refractivity contribution < 1.29 is 0 Å². The fourth-order valence-electron chi connectivity index (χ4n) is 5.19. The summed E-state index contributed by atoms with van der Waals surface area (Å²) in [6, 6.07) is 10.7. The second kappa shape index (κ2) is 7.92. The second-order valence-electron chi connectivity index (χ2n) is 9.34. The number of imidazole rings is 1. The molecule has 0 unspecified atom stereocenters. The predicted molar refractivity (Wildman–Crippen MR) is 133 cm³/mol. The molecule has 4 aromatic heterocycles. The van der Waals surface area contributed by atoms with Gasteiger partial charge in [-0.25, -0.2) is 4.79 Å². The van der Waals surface area contributed by atoms with Crippen LogP contribution < -0.4 is 11.4 Å². The molecule has 1 aromatic carbocycles. The maximum Gasteiger partial charge on any atom is 0.329 e. The zero-order valence-electron chi connectivity index (χ0n) is 19.3. The summed E-state index contributed by atoms with van der Waals surface area (Å²) >= 11 is 0. The lowest BCUT2D eigenvalue weighted by molar-refractivity contribution is 0.322. The van der Waals surface area contributed by atoms with E-state index in [9.17, 15) is 4.79 Å². The third-order valence-corrected chi connectivity index (χ3v) is 7.12. The van der Waals surface area contributed by atoms with Crippen molar-refractivity contribution in [1.82, 2.24) is 28.9 Å². The molecule has 6 rings (SSSR count). The Labute approximate surface area is 196 Å². The van der Waals surface area contributed by atoms with Crippen molar-refractivity contribution in [3.05, 3.63) is 65.6 Å². The van der Waals surface area contributed by atoms with Crippen molar-refractivity contribution >= 4 is 21.9 Å². The predicted octanol–water partition coefficient (Wildman–Crippen LogP) is 3.79. The first-order valence-corrected chi connectivity index (χ1v) is 11.7. The van der Waals surface area contributed by atoms with Crippen molar-refractivity contribution in [2.45, 2.75) is 37.8 Å². The molecule has 0 amide bonds. The Morgan fingerprint density at radius 3 is 2.41 bits per heavy atom. The normalized spacial score (nSPS) is 18.7. The molecular formula is C26H27N7O. The number of aromatic nitrogens is 6. The SMILES string of the molecule is Cn1cc(-c2ccc(-c3ccc4ncc5c(c4c3)n([C@H]3CC[C@@H](N)CC3)c(=O)n5C)cn2)cn1. The highest BCUT2D eigenvalue weighted by atomic mass is 16.1. The lowest BCUT2D eigenvalue weighted by atomic mass is 9.91. The van der Waals surface area contributed by atoms with Gasteiger partial charge in [-0.15, -0.1) is 0 Å². The summed E-state index contributed by atoms with van der Waals surface area (Å²) in [6.07, 6.45) is 11.2. The van der Waals surface area contributed by atoms with Crippen LogP contribution in [0.5, 0.6) is 0 Å². The number of fused-ring (bicyclic) bond motifs is 3. The zero-order valence-corrected chi connectivity index (χ0v) is 19.3. The molecule has 0 atom stereocenters. The largest absolute Gasteiger partial charge is 0.329 e. The number of hydrogen-bond donors (Lipinski definition) is 1. The van der Waals surface area contributed by atoms with Crippen LogP contribution >= 0.6 is 0 Å². The summed E-state index contributed by atoms with van der Waals surface area (Å²) in [5, 5.41) is 5.21. The summed E-state index contributed by atoms with van der Waals surface area (Å²) in [5.74, 6) is 0. The van der Waals surface area contributed by atoms with Gasteiger partial charge in [0.15, 0.2) is 0 Å². The molecule has 0 spiro atoms. The fraction of sp³-hybridized carbons (Fsp3) is 0.308. The van der Waals surface area contributed by atoms with Gasteiger partial charge < -0.3 is 5.73 Å². The third kappa shape index (κ3) is 3.33. The number of nitrogens with two attached hydrogens (primary N) is 1. The quantitative estimate of drug-likeness (QED) is 0.448. The first-order valence-electron chi connectivity index (χ1n) is 11.7. The number of aryl methyl sites for hydroxylation is 2. The average Bonchev–Trinajstić information content (AvgIpc) is 3.41. The summed E-state index contributed by atoms with van der Waals surface area (Å²) in [5.41, 5.74) is 12.8.